The number of aromatic nitrogens is 3. The van der Waals surface area contributed by atoms with E-state index in [9.17, 15) is 4.79 Å². The van der Waals surface area contributed by atoms with E-state index in [1.807, 2.05) is 24.3 Å². The predicted octanol–water partition coefficient (Wildman–Crippen LogP) is 4.50. The SMILES string of the molecule is O=C(Nc1nc2ccccc2[nH]1)c1csc(COc2ccc(Cl)cc2)n1. The zero-order valence-electron chi connectivity index (χ0n) is 13.4. The number of anilines is 1. The minimum absolute atomic E-state index is 0.282. The molecule has 8 heteroatoms. The highest BCUT2D eigenvalue weighted by Gasteiger charge is 2.13. The first-order chi connectivity index (χ1) is 12.7. The smallest absolute Gasteiger partial charge is 0.277 e. The van der Waals surface area contributed by atoms with Crippen LogP contribution in [0.15, 0.2) is 53.9 Å². The Hall–Kier alpha value is -2.90. The summed E-state index contributed by atoms with van der Waals surface area (Å²) in [6.45, 7) is 0.282. The van der Waals surface area contributed by atoms with Crippen LogP contribution in [0.1, 0.15) is 15.5 Å². The van der Waals surface area contributed by atoms with Gasteiger partial charge in [0.1, 0.15) is 23.1 Å². The van der Waals surface area contributed by atoms with E-state index in [0.29, 0.717) is 27.4 Å². The van der Waals surface area contributed by atoms with E-state index in [-0.39, 0.29) is 12.5 Å². The first-order valence-corrected chi connectivity index (χ1v) is 9.02. The molecule has 1 amide bonds. The summed E-state index contributed by atoms with van der Waals surface area (Å²) < 4.78 is 5.64. The molecule has 4 rings (SSSR count). The van der Waals surface area contributed by atoms with Gasteiger partial charge in [0.15, 0.2) is 0 Å². The molecular formula is C18H13ClN4O2S. The number of amides is 1. The Bertz CT molecular complexity index is 1030. The van der Waals surface area contributed by atoms with Gasteiger partial charge in [0.2, 0.25) is 5.95 Å². The van der Waals surface area contributed by atoms with Crippen LogP contribution in [0.2, 0.25) is 5.02 Å². The summed E-state index contributed by atoms with van der Waals surface area (Å²) in [5.41, 5.74) is 1.97. The van der Waals surface area contributed by atoms with E-state index >= 15 is 0 Å². The molecule has 0 unspecified atom stereocenters. The number of benzene rings is 2. The number of hydrogen-bond donors (Lipinski definition) is 2. The van der Waals surface area contributed by atoms with Crippen LogP contribution >= 0.6 is 22.9 Å². The number of carbonyl (C=O) groups is 1. The minimum atomic E-state index is -0.321. The molecule has 0 saturated heterocycles. The molecule has 0 saturated carbocycles. The van der Waals surface area contributed by atoms with Crippen molar-refractivity contribution in [1.82, 2.24) is 15.0 Å². The lowest BCUT2D eigenvalue weighted by molar-refractivity contribution is 0.102. The number of nitrogens with zero attached hydrogens (tertiary/aromatic N) is 2. The standard InChI is InChI=1S/C18H13ClN4O2S/c19-11-5-7-12(8-6-11)25-9-16-20-15(10-26-16)17(24)23-18-21-13-3-1-2-4-14(13)22-18/h1-8,10H,9H2,(H2,21,22,23,24). The Morgan fingerprint density at radius 2 is 1.96 bits per heavy atom. The van der Waals surface area contributed by atoms with Gasteiger partial charge in [-0.15, -0.1) is 11.3 Å². The lowest BCUT2D eigenvalue weighted by Gasteiger charge is -2.03. The Kier molecular flexibility index (Phi) is 4.55. The second kappa shape index (κ2) is 7.15. The average Bonchev–Trinajstić information content (AvgIpc) is 3.27. The van der Waals surface area contributed by atoms with E-state index in [0.717, 1.165) is 11.0 Å². The Labute approximate surface area is 157 Å². The minimum Gasteiger partial charge on any atom is -0.486 e. The monoisotopic (exact) mass is 384 g/mol. The molecule has 0 aliphatic heterocycles. The lowest BCUT2D eigenvalue weighted by Crippen LogP contribution is -2.13. The number of hydrogen-bond acceptors (Lipinski definition) is 5. The Balaban J connectivity index is 1.40. The van der Waals surface area contributed by atoms with Crippen LogP contribution in [0, 0.1) is 0 Å². The average molecular weight is 385 g/mol. The van der Waals surface area contributed by atoms with Crippen molar-refractivity contribution >= 4 is 45.8 Å². The molecule has 0 aliphatic carbocycles. The first-order valence-electron chi connectivity index (χ1n) is 7.76. The predicted molar refractivity (Wildman–Crippen MR) is 102 cm³/mol. The van der Waals surface area contributed by atoms with Gasteiger partial charge in [0.05, 0.1) is 11.0 Å². The molecular weight excluding hydrogens is 372 g/mol. The van der Waals surface area contributed by atoms with Crippen LogP contribution in [-0.4, -0.2) is 20.9 Å². The number of imidazole rings is 1. The molecule has 0 bridgehead atoms. The first kappa shape index (κ1) is 16.6. The van der Waals surface area contributed by atoms with E-state index in [1.165, 1.54) is 11.3 Å². The van der Waals surface area contributed by atoms with Gasteiger partial charge < -0.3 is 9.72 Å². The van der Waals surface area contributed by atoms with Crippen molar-refractivity contribution in [2.24, 2.45) is 0 Å². The number of para-hydroxylation sites is 2. The fourth-order valence-corrected chi connectivity index (χ4v) is 3.15. The van der Waals surface area contributed by atoms with Gasteiger partial charge in [0, 0.05) is 10.4 Å². The fraction of sp³-hybridized carbons (Fsp3) is 0.0556. The van der Waals surface area contributed by atoms with Gasteiger partial charge in [-0.2, -0.15) is 0 Å². The van der Waals surface area contributed by atoms with Crippen molar-refractivity contribution in [2.45, 2.75) is 6.61 Å². The van der Waals surface area contributed by atoms with Crippen LogP contribution in [0.5, 0.6) is 5.75 Å². The van der Waals surface area contributed by atoms with Crippen molar-refractivity contribution in [2.75, 3.05) is 5.32 Å². The number of carbonyl (C=O) groups excluding carboxylic acids is 1. The van der Waals surface area contributed by atoms with Gasteiger partial charge in [-0.25, -0.2) is 9.97 Å². The number of halogens is 1. The lowest BCUT2D eigenvalue weighted by atomic mass is 10.3. The highest BCUT2D eigenvalue weighted by molar-refractivity contribution is 7.09. The van der Waals surface area contributed by atoms with E-state index in [1.54, 1.807) is 29.6 Å². The normalized spacial score (nSPS) is 10.8. The molecule has 0 atom stereocenters. The number of fused-ring (bicyclic) bond motifs is 1. The van der Waals surface area contributed by atoms with E-state index in [2.05, 4.69) is 20.3 Å². The summed E-state index contributed by atoms with van der Waals surface area (Å²) >= 11 is 7.20. The molecule has 0 spiro atoms. The third-order valence-corrected chi connectivity index (χ3v) is 4.66. The fourth-order valence-electron chi connectivity index (χ4n) is 2.34. The van der Waals surface area contributed by atoms with Gasteiger partial charge >= 0.3 is 0 Å². The van der Waals surface area contributed by atoms with Crippen LogP contribution in [0.4, 0.5) is 5.95 Å². The summed E-state index contributed by atoms with van der Waals surface area (Å²) in [6, 6.07) is 14.6. The third kappa shape index (κ3) is 3.68. The molecule has 2 N–H and O–H groups in total. The summed E-state index contributed by atoms with van der Waals surface area (Å²) in [4.78, 5) is 24.0. The number of ether oxygens (including phenoxy) is 1. The molecule has 4 aromatic rings. The third-order valence-electron chi connectivity index (χ3n) is 3.58. The summed E-state index contributed by atoms with van der Waals surface area (Å²) in [5.74, 6) is 0.763. The summed E-state index contributed by atoms with van der Waals surface area (Å²) in [5, 5.41) is 5.77. The van der Waals surface area contributed by atoms with E-state index < -0.39 is 0 Å². The van der Waals surface area contributed by atoms with E-state index in [4.69, 9.17) is 16.3 Å². The molecule has 6 nitrogen and oxygen atoms in total. The summed E-state index contributed by atoms with van der Waals surface area (Å²) in [6.07, 6.45) is 0. The van der Waals surface area contributed by atoms with Gasteiger partial charge in [0.25, 0.3) is 5.91 Å². The van der Waals surface area contributed by atoms with Crippen molar-refractivity contribution in [1.29, 1.82) is 0 Å². The zero-order chi connectivity index (χ0) is 17.9. The highest BCUT2D eigenvalue weighted by atomic mass is 35.5. The molecule has 0 radical (unpaired) electrons. The number of H-pyrrole nitrogens is 1. The van der Waals surface area contributed by atoms with Crippen LogP contribution < -0.4 is 10.1 Å². The van der Waals surface area contributed by atoms with Crippen molar-refractivity contribution in [3.8, 4) is 5.75 Å². The molecule has 0 aliphatic rings. The molecule has 2 aromatic heterocycles. The highest BCUT2D eigenvalue weighted by Crippen LogP contribution is 2.19. The van der Waals surface area contributed by atoms with Crippen molar-refractivity contribution in [3.63, 3.8) is 0 Å². The largest absolute Gasteiger partial charge is 0.486 e. The number of thiazole rings is 1. The number of nitrogens with one attached hydrogen (secondary N) is 2. The molecule has 26 heavy (non-hydrogen) atoms. The Morgan fingerprint density at radius 1 is 1.15 bits per heavy atom. The maximum atomic E-state index is 12.3. The molecule has 0 fully saturated rings. The Morgan fingerprint density at radius 3 is 2.77 bits per heavy atom. The second-order valence-corrected chi connectivity index (χ2v) is 6.80. The van der Waals surface area contributed by atoms with Crippen LogP contribution in [0.25, 0.3) is 11.0 Å². The van der Waals surface area contributed by atoms with Crippen molar-refractivity contribution in [3.05, 3.63) is 69.6 Å². The number of rotatable bonds is 5. The maximum Gasteiger partial charge on any atom is 0.277 e. The van der Waals surface area contributed by atoms with Gasteiger partial charge in [-0.05, 0) is 36.4 Å². The van der Waals surface area contributed by atoms with Crippen molar-refractivity contribution < 1.29 is 9.53 Å². The second-order valence-electron chi connectivity index (χ2n) is 5.43. The van der Waals surface area contributed by atoms with Crippen LogP contribution in [-0.2, 0) is 6.61 Å². The topological polar surface area (TPSA) is 79.9 Å². The molecule has 130 valence electrons. The van der Waals surface area contributed by atoms with Gasteiger partial charge in [-0.3, -0.25) is 10.1 Å². The molecule has 2 aromatic carbocycles. The van der Waals surface area contributed by atoms with Crippen LogP contribution in [0.3, 0.4) is 0 Å². The van der Waals surface area contributed by atoms with Gasteiger partial charge in [-0.1, -0.05) is 23.7 Å². The zero-order valence-corrected chi connectivity index (χ0v) is 15.0. The quantitative estimate of drug-likeness (QED) is 0.530. The summed E-state index contributed by atoms with van der Waals surface area (Å²) in [7, 11) is 0. The maximum absolute atomic E-state index is 12.3. The molecule has 2 heterocycles. The number of aromatic amines is 1.